The first-order valence-electron chi connectivity index (χ1n) is 5.99. The van der Waals surface area contributed by atoms with Gasteiger partial charge < -0.3 is 0 Å². The molecule has 0 aliphatic carbocycles. The van der Waals surface area contributed by atoms with Crippen molar-refractivity contribution in [2.45, 2.75) is 9.79 Å². The van der Waals surface area contributed by atoms with Gasteiger partial charge in [-0.05, 0) is 30.3 Å². The topological polar surface area (TPSA) is 36.7 Å². The van der Waals surface area contributed by atoms with E-state index in [0.717, 1.165) is 25.2 Å². The van der Waals surface area contributed by atoms with Crippen LogP contribution in [0.25, 0.3) is 10.9 Å². The van der Waals surface area contributed by atoms with Crippen molar-refractivity contribution in [3.05, 3.63) is 64.8 Å². The second-order valence-electron chi connectivity index (χ2n) is 4.19. The maximum Gasteiger partial charge on any atom is 0.102 e. The fourth-order valence-corrected chi connectivity index (χ4v) is 3.19. The Morgan fingerprint density at radius 1 is 1.05 bits per heavy atom. The lowest BCUT2D eigenvalue weighted by atomic mass is 10.2. The van der Waals surface area contributed by atoms with Crippen LogP contribution in [0.5, 0.6) is 0 Å². The van der Waals surface area contributed by atoms with Gasteiger partial charge >= 0.3 is 0 Å². The van der Waals surface area contributed by atoms with Gasteiger partial charge in [-0.1, -0.05) is 45.9 Å². The van der Waals surface area contributed by atoms with Gasteiger partial charge in [0.1, 0.15) is 6.07 Å². The molecule has 0 amide bonds. The number of pyridine rings is 1. The summed E-state index contributed by atoms with van der Waals surface area (Å²) in [5.41, 5.74) is 1.52. The van der Waals surface area contributed by atoms with Crippen molar-refractivity contribution in [2.75, 3.05) is 0 Å². The molecule has 0 saturated heterocycles. The average Bonchev–Trinajstić information content (AvgIpc) is 2.50. The molecule has 1 heterocycles. The molecule has 0 atom stereocenters. The molecule has 0 fully saturated rings. The largest absolute Gasteiger partial charge is 0.255 e. The van der Waals surface area contributed by atoms with E-state index in [1.54, 1.807) is 18.0 Å². The predicted octanol–water partition coefficient (Wildman–Crippen LogP) is 5.02. The van der Waals surface area contributed by atoms with Crippen LogP contribution in [0.4, 0.5) is 0 Å². The van der Waals surface area contributed by atoms with E-state index in [0.29, 0.717) is 5.56 Å². The molecule has 0 N–H and O–H groups in total. The Kier molecular flexibility index (Phi) is 3.72. The van der Waals surface area contributed by atoms with Gasteiger partial charge in [0, 0.05) is 25.8 Å². The van der Waals surface area contributed by atoms with E-state index in [4.69, 9.17) is 0 Å². The molecule has 0 spiro atoms. The van der Waals surface area contributed by atoms with Crippen molar-refractivity contribution >= 4 is 38.6 Å². The molecule has 2 nitrogen and oxygen atoms in total. The quantitative estimate of drug-likeness (QED) is 0.657. The third-order valence-electron chi connectivity index (χ3n) is 2.88. The molecular weight excluding hydrogens is 332 g/mol. The molecular formula is C16H9BrN2S. The number of rotatable bonds is 2. The molecule has 4 heteroatoms. The van der Waals surface area contributed by atoms with Crippen molar-refractivity contribution in [1.29, 1.82) is 5.26 Å². The Morgan fingerprint density at radius 2 is 1.80 bits per heavy atom. The number of nitriles is 1. The van der Waals surface area contributed by atoms with Gasteiger partial charge in [0.15, 0.2) is 0 Å². The summed E-state index contributed by atoms with van der Waals surface area (Å²) < 4.78 is 1.04. The Balaban J connectivity index is 2.14. The van der Waals surface area contributed by atoms with Crippen LogP contribution in [0.2, 0.25) is 0 Å². The lowest BCUT2D eigenvalue weighted by Gasteiger charge is -2.08. The molecule has 0 aliphatic heterocycles. The van der Waals surface area contributed by atoms with E-state index in [-0.39, 0.29) is 0 Å². The average molecular weight is 341 g/mol. The first-order chi connectivity index (χ1) is 9.78. The summed E-state index contributed by atoms with van der Waals surface area (Å²) in [6, 6.07) is 18.2. The zero-order chi connectivity index (χ0) is 13.9. The number of hydrogen-bond donors (Lipinski definition) is 0. The van der Waals surface area contributed by atoms with Crippen LogP contribution in [-0.4, -0.2) is 4.98 Å². The van der Waals surface area contributed by atoms with Crippen LogP contribution in [-0.2, 0) is 0 Å². The van der Waals surface area contributed by atoms with E-state index >= 15 is 0 Å². The van der Waals surface area contributed by atoms with E-state index in [1.807, 2.05) is 48.5 Å². The minimum absolute atomic E-state index is 0.608. The van der Waals surface area contributed by atoms with E-state index < -0.39 is 0 Å². The monoisotopic (exact) mass is 340 g/mol. The zero-order valence-electron chi connectivity index (χ0n) is 10.4. The lowest BCUT2D eigenvalue weighted by molar-refractivity contribution is 1.30. The normalized spacial score (nSPS) is 10.4. The molecule has 0 radical (unpaired) electrons. The fraction of sp³-hybridized carbons (Fsp3) is 0. The van der Waals surface area contributed by atoms with Gasteiger partial charge in [-0.2, -0.15) is 5.26 Å². The number of hydrogen-bond acceptors (Lipinski definition) is 3. The highest BCUT2D eigenvalue weighted by Gasteiger charge is 2.10. The first-order valence-corrected chi connectivity index (χ1v) is 7.60. The van der Waals surface area contributed by atoms with Gasteiger partial charge in [0.05, 0.1) is 11.1 Å². The third-order valence-corrected chi connectivity index (χ3v) is 4.56. The molecule has 3 rings (SSSR count). The van der Waals surface area contributed by atoms with Crippen LogP contribution in [0.3, 0.4) is 0 Å². The van der Waals surface area contributed by atoms with Crippen LogP contribution in [0.15, 0.2) is 69.0 Å². The van der Waals surface area contributed by atoms with Gasteiger partial charge in [-0.15, -0.1) is 0 Å². The Hall–Kier alpha value is -1.83. The highest BCUT2D eigenvalue weighted by Crippen LogP contribution is 2.35. The second kappa shape index (κ2) is 5.66. The minimum Gasteiger partial charge on any atom is -0.255 e. The van der Waals surface area contributed by atoms with Gasteiger partial charge in [0.25, 0.3) is 0 Å². The number of para-hydroxylation sites is 1. The van der Waals surface area contributed by atoms with Gasteiger partial charge in [-0.3, -0.25) is 4.98 Å². The molecule has 0 saturated carbocycles. The Morgan fingerprint density at radius 3 is 2.55 bits per heavy atom. The first kappa shape index (κ1) is 13.2. The Labute approximate surface area is 129 Å². The molecule has 0 unspecified atom stereocenters. The zero-order valence-corrected chi connectivity index (χ0v) is 12.8. The number of fused-ring (bicyclic) bond motifs is 1. The standard InChI is InChI=1S/C16H9BrN2S/c17-12-5-7-13(8-6-12)20-16-11(9-18)10-19-15-4-2-1-3-14(15)16/h1-8,10H. The molecule has 1 aromatic heterocycles. The third kappa shape index (κ3) is 2.55. The summed E-state index contributed by atoms with van der Waals surface area (Å²) in [7, 11) is 0. The summed E-state index contributed by atoms with van der Waals surface area (Å²) in [4.78, 5) is 6.38. The van der Waals surface area contributed by atoms with Crippen molar-refractivity contribution < 1.29 is 0 Å². The smallest absolute Gasteiger partial charge is 0.102 e. The van der Waals surface area contributed by atoms with Crippen LogP contribution in [0, 0.1) is 11.3 Å². The van der Waals surface area contributed by atoms with Crippen LogP contribution < -0.4 is 0 Å². The highest BCUT2D eigenvalue weighted by molar-refractivity contribution is 9.10. The number of aromatic nitrogens is 1. The second-order valence-corrected chi connectivity index (χ2v) is 6.19. The maximum absolute atomic E-state index is 9.29. The van der Waals surface area contributed by atoms with Crippen molar-refractivity contribution in [3.63, 3.8) is 0 Å². The molecule has 96 valence electrons. The predicted molar refractivity (Wildman–Crippen MR) is 84.7 cm³/mol. The molecule has 3 aromatic rings. The number of benzene rings is 2. The summed E-state index contributed by atoms with van der Waals surface area (Å²) in [6.07, 6.45) is 1.64. The lowest BCUT2D eigenvalue weighted by Crippen LogP contribution is -1.88. The molecule has 0 bridgehead atoms. The van der Waals surface area contributed by atoms with E-state index in [2.05, 4.69) is 27.0 Å². The summed E-state index contributed by atoms with van der Waals surface area (Å²) in [5.74, 6) is 0. The van der Waals surface area contributed by atoms with Crippen molar-refractivity contribution in [1.82, 2.24) is 4.98 Å². The van der Waals surface area contributed by atoms with Crippen LogP contribution in [0.1, 0.15) is 5.56 Å². The van der Waals surface area contributed by atoms with Crippen LogP contribution >= 0.6 is 27.7 Å². The maximum atomic E-state index is 9.29. The number of halogens is 1. The molecule has 20 heavy (non-hydrogen) atoms. The molecule has 2 aromatic carbocycles. The SMILES string of the molecule is N#Cc1cnc2ccccc2c1Sc1ccc(Br)cc1. The number of nitrogens with zero attached hydrogens (tertiary/aromatic N) is 2. The van der Waals surface area contributed by atoms with Gasteiger partial charge in [-0.25, -0.2) is 0 Å². The highest BCUT2D eigenvalue weighted by atomic mass is 79.9. The van der Waals surface area contributed by atoms with Crippen molar-refractivity contribution in [3.8, 4) is 6.07 Å². The van der Waals surface area contributed by atoms with E-state index in [9.17, 15) is 5.26 Å². The van der Waals surface area contributed by atoms with E-state index in [1.165, 1.54) is 0 Å². The summed E-state index contributed by atoms with van der Waals surface area (Å²) >= 11 is 5.02. The minimum atomic E-state index is 0.608. The molecule has 0 aliphatic rings. The summed E-state index contributed by atoms with van der Waals surface area (Å²) in [6.45, 7) is 0. The van der Waals surface area contributed by atoms with Crippen molar-refractivity contribution in [2.24, 2.45) is 0 Å². The van der Waals surface area contributed by atoms with Gasteiger partial charge in [0.2, 0.25) is 0 Å². The Bertz CT molecular complexity index is 807. The fourth-order valence-electron chi connectivity index (χ4n) is 1.93. The summed E-state index contributed by atoms with van der Waals surface area (Å²) in [5, 5.41) is 10.3.